The van der Waals surface area contributed by atoms with Gasteiger partial charge in [0.2, 0.25) is 10.0 Å². The molecule has 0 spiro atoms. The Labute approximate surface area is 109 Å². The van der Waals surface area contributed by atoms with Gasteiger partial charge in [0.1, 0.15) is 0 Å². The molecule has 0 aromatic heterocycles. The molecule has 1 aromatic rings. The lowest BCUT2D eigenvalue weighted by Crippen LogP contribution is -2.27. The monoisotopic (exact) mass is 350 g/mol. The van der Waals surface area contributed by atoms with E-state index in [1.807, 2.05) is 6.07 Å². The zero-order chi connectivity index (χ0) is 12.0. The number of sulfonamides is 1. The number of benzene rings is 1. The third kappa shape index (κ3) is 4.08. The van der Waals surface area contributed by atoms with Crippen molar-refractivity contribution in [2.24, 2.45) is 0 Å². The number of rotatable bonds is 5. The van der Waals surface area contributed by atoms with Crippen molar-refractivity contribution in [2.75, 3.05) is 11.0 Å². The Bertz CT molecular complexity index is 494. The summed E-state index contributed by atoms with van der Waals surface area (Å²) in [6, 6.07) is 8.69. The molecule has 16 heavy (non-hydrogen) atoms. The van der Waals surface area contributed by atoms with Crippen LogP contribution < -0.4 is 4.72 Å². The summed E-state index contributed by atoms with van der Waals surface area (Å²) in [5.41, 5.74) is 0.938. The third-order valence-electron chi connectivity index (χ3n) is 1.90. The van der Waals surface area contributed by atoms with Crippen LogP contribution in [0.1, 0.15) is 11.1 Å². The lowest BCUT2D eigenvalue weighted by Gasteiger charge is -2.06. The highest BCUT2D eigenvalue weighted by Gasteiger charge is 2.12. The number of nitriles is 1. The number of hydrogen-bond acceptors (Lipinski definition) is 3. The van der Waals surface area contributed by atoms with E-state index in [1.54, 1.807) is 24.3 Å². The Hall–Kier alpha value is -0.650. The van der Waals surface area contributed by atoms with Crippen LogP contribution in [0.25, 0.3) is 0 Å². The average Bonchev–Trinajstić information content (AvgIpc) is 2.27. The predicted octanol–water partition coefficient (Wildman–Crippen LogP) is 1.41. The summed E-state index contributed by atoms with van der Waals surface area (Å²) in [7, 11) is -3.34. The second-order valence-electron chi connectivity index (χ2n) is 3.11. The van der Waals surface area contributed by atoms with Gasteiger partial charge in [-0.05, 0) is 11.6 Å². The van der Waals surface area contributed by atoms with Crippen molar-refractivity contribution in [3.8, 4) is 6.07 Å². The number of nitrogens with one attached hydrogen (secondary N) is 1. The molecule has 0 aliphatic rings. The van der Waals surface area contributed by atoms with Gasteiger partial charge in [0.05, 0.1) is 17.4 Å². The molecule has 0 amide bonds. The minimum atomic E-state index is -3.34. The van der Waals surface area contributed by atoms with Gasteiger partial charge >= 0.3 is 0 Å². The summed E-state index contributed by atoms with van der Waals surface area (Å²) >= 11 is 2.09. The fraction of sp³-hybridized carbons (Fsp3) is 0.300. The van der Waals surface area contributed by atoms with E-state index in [0.29, 0.717) is 17.7 Å². The Balaban J connectivity index is 2.85. The molecule has 0 aliphatic carbocycles. The lowest BCUT2D eigenvalue weighted by molar-refractivity contribution is 0.583. The summed E-state index contributed by atoms with van der Waals surface area (Å²) in [6.45, 7) is 0.414. The molecule has 0 bridgehead atoms. The predicted molar refractivity (Wildman–Crippen MR) is 70.7 cm³/mol. The summed E-state index contributed by atoms with van der Waals surface area (Å²) < 4.78 is 26.4. The second-order valence-corrected chi connectivity index (χ2v) is 6.00. The molecule has 0 saturated heterocycles. The first-order chi connectivity index (χ1) is 7.59. The fourth-order valence-corrected chi connectivity index (χ4v) is 3.02. The molecule has 0 atom stereocenters. The maximum absolute atomic E-state index is 11.6. The van der Waals surface area contributed by atoms with Gasteiger partial charge in [-0.3, -0.25) is 0 Å². The third-order valence-corrected chi connectivity index (χ3v) is 3.77. The van der Waals surface area contributed by atoms with E-state index in [-0.39, 0.29) is 5.75 Å². The van der Waals surface area contributed by atoms with E-state index >= 15 is 0 Å². The largest absolute Gasteiger partial charge is 0.215 e. The zero-order valence-corrected chi connectivity index (χ0v) is 11.5. The number of nitrogens with zero attached hydrogens (tertiary/aromatic N) is 1. The first kappa shape index (κ1) is 13.4. The quantitative estimate of drug-likeness (QED) is 0.645. The first-order valence-corrected chi connectivity index (χ1v) is 7.78. The SMILES string of the molecule is N#Cc1ccccc1CS(=O)(=O)NCCI. The molecule has 1 N–H and O–H groups in total. The van der Waals surface area contributed by atoms with Crippen LogP contribution in [0.15, 0.2) is 24.3 Å². The molecule has 6 heteroatoms. The maximum Gasteiger partial charge on any atom is 0.215 e. The van der Waals surface area contributed by atoms with Crippen LogP contribution in [0.4, 0.5) is 0 Å². The molecule has 0 aliphatic heterocycles. The highest BCUT2D eigenvalue weighted by Crippen LogP contribution is 2.10. The van der Waals surface area contributed by atoms with Gasteiger partial charge in [-0.15, -0.1) is 0 Å². The van der Waals surface area contributed by atoms with Crippen molar-refractivity contribution < 1.29 is 8.42 Å². The normalized spacial score (nSPS) is 11.0. The van der Waals surface area contributed by atoms with Gasteiger partial charge in [0.25, 0.3) is 0 Å². The van der Waals surface area contributed by atoms with Crippen molar-refractivity contribution >= 4 is 32.6 Å². The van der Waals surface area contributed by atoms with Crippen molar-refractivity contribution in [1.29, 1.82) is 5.26 Å². The highest BCUT2D eigenvalue weighted by molar-refractivity contribution is 14.1. The summed E-state index contributed by atoms with van der Waals surface area (Å²) in [6.07, 6.45) is 0. The van der Waals surface area contributed by atoms with E-state index < -0.39 is 10.0 Å². The van der Waals surface area contributed by atoms with Crippen molar-refractivity contribution in [3.05, 3.63) is 35.4 Å². The lowest BCUT2D eigenvalue weighted by atomic mass is 10.1. The topological polar surface area (TPSA) is 70.0 Å². The van der Waals surface area contributed by atoms with Gasteiger partial charge in [0, 0.05) is 11.0 Å². The highest BCUT2D eigenvalue weighted by atomic mass is 127. The number of halogens is 1. The minimum Gasteiger partial charge on any atom is -0.214 e. The van der Waals surface area contributed by atoms with Gasteiger partial charge in [0.15, 0.2) is 0 Å². The van der Waals surface area contributed by atoms with Gasteiger partial charge < -0.3 is 0 Å². The second kappa shape index (κ2) is 6.18. The molecule has 0 radical (unpaired) electrons. The van der Waals surface area contributed by atoms with Crippen LogP contribution >= 0.6 is 22.6 Å². The average molecular weight is 350 g/mol. The van der Waals surface area contributed by atoms with Crippen molar-refractivity contribution in [1.82, 2.24) is 4.72 Å². The van der Waals surface area contributed by atoms with E-state index in [0.717, 1.165) is 4.43 Å². The Kier molecular flexibility index (Phi) is 5.18. The van der Waals surface area contributed by atoms with E-state index in [4.69, 9.17) is 5.26 Å². The Morgan fingerprint density at radius 3 is 2.69 bits per heavy atom. The molecular formula is C10H11IN2O2S. The standard InChI is InChI=1S/C10H11IN2O2S/c11-5-6-13-16(14,15)8-10-4-2-1-3-9(10)7-12/h1-4,13H,5-6,8H2. The number of alkyl halides is 1. The summed E-state index contributed by atoms with van der Waals surface area (Å²) in [5, 5.41) is 8.82. The molecule has 1 aromatic carbocycles. The number of hydrogen-bond donors (Lipinski definition) is 1. The Morgan fingerprint density at radius 2 is 2.06 bits per heavy atom. The van der Waals surface area contributed by atoms with E-state index in [2.05, 4.69) is 27.3 Å². The van der Waals surface area contributed by atoms with Crippen molar-refractivity contribution in [2.45, 2.75) is 5.75 Å². The van der Waals surface area contributed by atoms with E-state index in [9.17, 15) is 8.42 Å². The fourth-order valence-electron chi connectivity index (χ4n) is 1.21. The maximum atomic E-state index is 11.6. The Morgan fingerprint density at radius 1 is 1.38 bits per heavy atom. The molecule has 4 nitrogen and oxygen atoms in total. The van der Waals surface area contributed by atoms with Crippen LogP contribution in [-0.2, 0) is 15.8 Å². The van der Waals surface area contributed by atoms with Gasteiger partial charge in [-0.25, -0.2) is 13.1 Å². The van der Waals surface area contributed by atoms with Crippen LogP contribution in [0.5, 0.6) is 0 Å². The van der Waals surface area contributed by atoms with Crippen LogP contribution in [-0.4, -0.2) is 19.4 Å². The van der Waals surface area contributed by atoms with Crippen LogP contribution in [0, 0.1) is 11.3 Å². The smallest absolute Gasteiger partial charge is 0.214 e. The van der Waals surface area contributed by atoms with E-state index in [1.165, 1.54) is 0 Å². The molecule has 0 unspecified atom stereocenters. The molecule has 0 heterocycles. The minimum absolute atomic E-state index is 0.145. The summed E-state index contributed by atoms with van der Waals surface area (Å²) in [4.78, 5) is 0. The zero-order valence-electron chi connectivity index (χ0n) is 8.48. The molecule has 86 valence electrons. The molecule has 0 fully saturated rings. The molecular weight excluding hydrogens is 339 g/mol. The summed E-state index contributed by atoms with van der Waals surface area (Å²) in [5.74, 6) is -0.145. The first-order valence-electron chi connectivity index (χ1n) is 4.60. The van der Waals surface area contributed by atoms with Crippen LogP contribution in [0.3, 0.4) is 0 Å². The van der Waals surface area contributed by atoms with Gasteiger partial charge in [-0.1, -0.05) is 40.8 Å². The molecule has 0 saturated carbocycles. The van der Waals surface area contributed by atoms with Gasteiger partial charge in [-0.2, -0.15) is 5.26 Å². The van der Waals surface area contributed by atoms with Crippen LogP contribution in [0.2, 0.25) is 0 Å². The molecule has 1 rings (SSSR count). The van der Waals surface area contributed by atoms with Crippen molar-refractivity contribution in [3.63, 3.8) is 0 Å².